The van der Waals surface area contributed by atoms with Crippen LogP contribution in [0.1, 0.15) is 31.9 Å². The number of anilines is 2. The van der Waals surface area contributed by atoms with E-state index < -0.39 is 34.2 Å². The molecule has 0 N–H and O–H groups in total. The van der Waals surface area contributed by atoms with Crippen molar-refractivity contribution in [2.45, 2.75) is 26.9 Å². The molecule has 0 bridgehead atoms. The fourth-order valence-corrected chi connectivity index (χ4v) is 5.19. The molecule has 0 unspecified atom stereocenters. The Bertz CT molecular complexity index is 1770. The number of hydrogen-bond donors (Lipinski definition) is 0. The molecule has 40 heavy (non-hydrogen) atoms. The van der Waals surface area contributed by atoms with Gasteiger partial charge in [-0.3, -0.25) is 14.2 Å². The van der Waals surface area contributed by atoms with Crippen molar-refractivity contribution >= 4 is 40.1 Å². The van der Waals surface area contributed by atoms with Crippen LogP contribution in [0.25, 0.3) is 17.3 Å². The minimum atomic E-state index is -4.76. The predicted molar refractivity (Wildman–Crippen MR) is 152 cm³/mol. The molecule has 0 saturated heterocycles. The van der Waals surface area contributed by atoms with Crippen LogP contribution in [0.2, 0.25) is 0 Å². The van der Waals surface area contributed by atoms with E-state index in [1.165, 1.54) is 12.1 Å². The summed E-state index contributed by atoms with van der Waals surface area (Å²) in [6, 6.07) is 23.5. The maximum absolute atomic E-state index is 13.9. The Kier molecular flexibility index (Phi) is 7.85. The minimum Gasteiger partial charge on any atom is -0.345 e. The van der Waals surface area contributed by atoms with Crippen molar-refractivity contribution in [3.05, 3.63) is 110 Å². The van der Waals surface area contributed by atoms with Gasteiger partial charge in [0.1, 0.15) is 16.3 Å². The number of hydrogen-bond acceptors (Lipinski definition) is 5. The highest BCUT2D eigenvalue weighted by Gasteiger charge is 2.35. The first-order valence-corrected chi connectivity index (χ1v) is 13.1. The van der Waals surface area contributed by atoms with Gasteiger partial charge in [-0.15, -0.1) is 11.3 Å². The molecule has 3 aromatic carbocycles. The van der Waals surface area contributed by atoms with E-state index in [-0.39, 0.29) is 14.8 Å². The second-order valence-electron chi connectivity index (χ2n) is 10.1. The van der Waals surface area contributed by atoms with Gasteiger partial charge in [-0.25, -0.2) is 0 Å². The van der Waals surface area contributed by atoms with Gasteiger partial charge >= 0.3 is 6.18 Å². The Labute approximate surface area is 233 Å². The summed E-state index contributed by atoms with van der Waals surface area (Å²) in [4.78, 5) is 28.8. The average Bonchev–Trinajstić information content (AvgIpc) is 3.23. The second kappa shape index (κ2) is 11.0. The second-order valence-corrected chi connectivity index (χ2v) is 11.2. The zero-order valence-electron chi connectivity index (χ0n) is 22.3. The van der Waals surface area contributed by atoms with Gasteiger partial charge in [0.25, 0.3) is 5.56 Å². The van der Waals surface area contributed by atoms with Gasteiger partial charge < -0.3 is 4.90 Å². The van der Waals surface area contributed by atoms with Gasteiger partial charge in [-0.05, 0) is 48.0 Å². The van der Waals surface area contributed by atoms with E-state index in [1.54, 1.807) is 39.0 Å². The molecule has 204 valence electrons. The smallest absolute Gasteiger partial charge is 0.345 e. The van der Waals surface area contributed by atoms with Crippen molar-refractivity contribution in [2.75, 3.05) is 11.9 Å². The van der Waals surface area contributed by atoms with E-state index in [0.29, 0.717) is 5.56 Å². The number of carbonyl (C=O) groups is 1. The van der Waals surface area contributed by atoms with Crippen LogP contribution in [0.15, 0.2) is 83.7 Å². The van der Waals surface area contributed by atoms with Crippen LogP contribution in [0.5, 0.6) is 0 Å². The first kappa shape index (κ1) is 28.6. The fraction of sp³-hybridized carbons (Fsp3) is 0.194. The van der Waals surface area contributed by atoms with Crippen molar-refractivity contribution in [3.63, 3.8) is 0 Å². The van der Waals surface area contributed by atoms with Gasteiger partial charge in [-0.2, -0.15) is 18.4 Å². The highest BCUT2D eigenvalue weighted by molar-refractivity contribution is 7.07. The zero-order chi connectivity index (χ0) is 29.2. The third-order valence-electron chi connectivity index (χ3n) is 6.23. The summed E-state index contributed by atoms with van der Waals surface area (Å²) in [5, 5.41) is 9.93. The van der Waals surface area contributed by atoms with Crippen molar-refractivity contribution in [3.8, 4) is 11.8 Å². The molecule has 0 atom stereocenters. The number of ketones is 1. The first-order chi connectivity index (χ1) is 18.8. The van der Waals surface area contributed by atoms with E-state index in [1.807, 2.05) is 60.5 Å². The molecule has 0 spiro atoms. The topological polar surface area (TPSA) is 66.1 Å². The molecule has 4 rings (SSSR count). The summed E-state index contributed by atoms with van der Waals surface area (Å²) >= 11 is 0.816. The highest BCUT2D eigenvalue weighted by atomic mass is 32.1. The molecule has 9 heteroatoms. The van der Waals surface area contributed by atoms with E-state index >= 15 is 0 Å². The molecule has 0 amide bonds. The lowest BCUT2D eigenvalue weighted by Gasteiger charge is -2.19. The average molecular weight is 562 g/mol. The van der Waals surface area contributed by atoms with Crippen LogP contribution in [-0.4, -0.2) is 17.4 Å². The molecule has 0 saturated carbocycles. The summed E-state index contributed by atoms with van der Waals surface area (Å²) < 4.78 is 42.6. The van der Waals surface area contributed by atoms with Gasteiger partial charge in [0, 0.05) is 23.8 Å². The standard InChI is InChI=1S/C31H26F3N3O2S/c1-30(2,3)27(38)23(19-35)29-37(25-13-9-8-12-24(25)31(32,33)34)28(39)26(40-29)18-20-14-16-22(17-15-20)36(4)21-10-6-5-7-11-21/h5-18H,1-4H3. The molecule has 1 heterocycles. The normalized spacial score (nSPS) is 13.1. The summed E-state index contributed by atoms with van der Waals surface area (Å²) in [6.45, 7) is 4.81. The zero-order valence-corrected chi connectivity index (χ0v) is 23.1. The Balaban J connectivity index is 1.96. The van der Waals surface area contributed by atoms with Crippen molar-refractivity contribution in [1.29, 1.82) is 5.26 Å². The van der Waals surface area contributed by atoms with Gasteiger partial charge in [0.15, 0.2) is 5.78 Å². The Morgan fingerprint density at radius 3 is 2.08 bits per heavy atom. The molecular weight excluding hydrogens is 535 g/mol. The summed E-state index contributed by atoms with van der Waals surface area (Å²) in [6.07, 6.45) is -3.22. The maximum atomic E-state index is 13.9. The van der Waals surface area contributed by atoms with Crippen LogP contribution in [0, 0.1) is 16.7 Å². The van der Waals surface area contributed by atoms with E-state index in [2.05, 4.69) is 0 Å². The lowest BCUT2D eigenvalue weighted by molar-refractivity contribution is -0.137. The van der Waals surface area contributed by atoms with Crippen LogP contribution in [0.3, 0.4) is 0 Å². The fourth-order valence-electron chi connectivity index (χ4n) is 4.09. The van der Waals surface area contributed by atoms with Crippen LogP contribution >= 0.6 is 11.3 Å². The third-order valence-corrected chi connectivity index (χ3v) is 7.32. The van der Waals surface area contributed by atoms with Crippen LogP contribution in [-0.2, 0) is 11.0 Å². The number of para-hydroxylation sites is 2. The molecule has 0 aliphatic heterocycles. The maximum Gasteiger partial charge on any atom is 0.418 e. The Hall–Kier alpha value is -4.42. The minimum absolute atomic E-state index is 0.0885. The molecule has 0 fully saturated rings. The number of nitriles is 1. The van der Waals surface area contributed by atoms with E-state index in [0.717, 1.165) is 39.4 Å². The predicted octanol–water partition coefficient (Wildman–Crippen LogP) is 5.80. The van der Waals surface area contributed by atoms with Crippen LogP contribution in [0.4, 0.5) is 24.5 Å². The van der Waals surface area contributed by atoms with Gasteiger partial charge in [-0.1, -0.05) is 63.2 Å². The van der Waals surface area contributed by atoms with Gasteiger partial charge in [0.05, 0.1) is 15.8 Å². The van der Waals surface area contributed by atoms with E-state index in [4.69, 9.17) is 0 Å². The number of rotatable bonds is 5. The first-order valence-electron chi connectivity index (χ1n) is 12.3. The molecular formula is C31H26F3N3O2S. The quantitative estimate of drug-likeness (QED) is 0.309. The largest absolute Gasteiger partial charge is 0.418 e. The monoisotopic (exact) mass is 561 g/mol. The number of halogens is 3. The number of Topliss-reactive ketones (excluding diaryl/α,β-unsaturated/α-hetero) is 1. The van der Waals surface area contributed by atoms with Crippen molar-refractivity contribution in [2.24, 2.45) is 5.41 Å². The molecule has 1 aromatic heterocycles. The number of benzene rings is 3. The number of alkyl halides is 3. The SMILES string of the molecule is CN(c1ccccc1)c1ccc(C=c2sc(=C(C#N)C(=O)C(C)(C)C)n(-c3ccccc3C(F)(F)F)c2=O)cc1. The molecule has 5 nitrogen and oxygen atoms in total. The number of aromatic nitrogens is 1. The summed E-state index contributed by atoms with van der Waals surface area (Å²) in [5.74, 6) is -0.575. The number of carbonyl (C=O) groups excluding carboxylic acids is 1. The van der Waals surface area contributed by atoms with Crippen molar-refractivity contribution < 1.29 is 18.0 Å². The molecule has 4 aromatic rings. The van der Waals surface area contributed by atoms with Gasteiger partial charge in [0.2, 0.25) is 0 Å². The summed E-state index contributed by atoms with van der Waals surface area (Å²) in [5.41, 5.74) is -1.10. The Morgan fingerprint density at radius 2 is 1.50 bits per heavy atom. The third kappa shape index (κ3) is 5.77. The van der Waals surface area contributed by atoms with Crippen LogP contribution < -0.4 is 19.7 Å². The molecule has 0 aliphatic carbocycles. The highest BCUT2D eigenvalue weighted by Crippen LogP contribution is 2.33. The van der Waals surface area contributed by atoms with E-state index in [9.17, 15) is 28.0 Å². The number of thiazole rings is 1. The molecule has 0 aliphatic rings. The Morgan fingerprint density at radius 1 is 0.925 bits per heavy atom. The summed E-state index contributed by atoms with van der Waals surface area (Å²) in [7, 11) is 1.92. The lowest BCUT2D eigenvalue weighted by Crippen LogP contribution is -2.34. The van der Waals surface area contributed by atoms with Crippen molar-refractivity contribution in [1.82, 2.24) is 4.57 Å². The number of nitrogens with zero attached hydrogens (tertiary/aromatic N) is 3. The molecule has 0 radical (unpaired) electrons. The lowest BCUT2D eigenvalue weighted by atomic mass is 9.87.